The van der Waals surface area contributed by atoms with Gasteiger partial charge in [-0.1, -0.05) is 60.7 Å². The minimum Gasteiger partial charge on any atom is -0.489 e. The van der Waals surface area contributed by atoms with Crippen molar-refractivity contribution in [3.8, 4) is 11.6 Å². The summed E-state index contributed by atoms with van der Waals surface area (Å²) in [5.74, 6) is 2.02. The average Bonchev–Trinajstić information content (AvgIpc) is 2.66. The van der Waals surface area contributed by atoms with Crippen molar-refractivity contribution < 1.29 is 9.47 Å². The van der Waals surface area contributed by atoms with Gasteiger partial charge in [-0.2, -0.15) is 4.98 Å². The first-order valence-electron chi connectivity index (χ1n) is 8.81. The maximum atomic E-state index is 5.95. The van der Waals surface area contributed by atoms with Gasteiger partial charge < -0.3 is 14.8 Å². The number of nitrogens with one attached hydrogen (secondary N) is 1. The van der Waals surface area contributed by atoms with Crippen LogP contribution in [0, 0.1) is 0 Å². The lowest BCUT2D eigenvalue weighted by Gasteiger charge is -2.14. The number of ether oxygens (including phenoxy) is 2. The lowest BCUT2D eigenvalue weighted by Crippen LogP contribution is -2.11. The van der Waals surface area contributed by atoms with Crippen molar-refractivity contribution in [2.24, 2.45) is 0 Å². The summed E-state index contributed by atoms with van der Waals surface area (Å²) in [7, 11) is 0. The summed E-state index contributed by atoms with van der Waals surface area (Å²) in [6.45, 7) is 5.12. The molecule has 3 rings (SSSR count). The molecule has 0 amide bonds. The predicted octanol–water partition coefficient (Wildman–Crippen LogP) is 5.06. The van der Waals surface area contributed by atoms with E-state index in [2.05, 4.69) is 24.1 Å². The molecule has 4 heteroatoms. The Kier molecular flexibility index (Phi) is 6.09. The summed E-state index contributed by atoms with van der Waals surface area (Å²) >= 11 is 0. The summed E-state index contributed by atoms with van der Waals surface area (Å²) in [4.78, 5) is 4.53. The number of rotatable bonds is 8. The Hall–Kier alpha value is -3.01. The highest BCUT2D eigenvalue weighted by molar-refractivity contribution is 5.45. The van der Waals surface area contributed by atoms with Crippen molar-refractivity contribution in [1.29, 1.82) is 0 Å². The average molecular weight is 348 g/mol. The Morgan fingerprint density at radius 2 is 1.38 bits per heavy atom. The molecule has 1 heterocycles. The minimum atomic E-state index is 0.272. The van der Waals surface area contributed by atoms with E-state index in [9.17, 15) is 0 Å². The molecular formula is C22H24N2O2. The second-order valence-electron chi connectivity index (χ2n) is 6.37. The summed E-state index contributed by atoms with van der Waals surface area (Å²) in [6.07, 6.45) is 0. The molecule has 134 valence electrons. The fourth-order valence-electron chi connectivity index (χ4n) is 2.48. The van der Waals surface area contributed by atoms with Gasteiger partial charge in [0.15, 0.2) is 0 Å². The van der Waals surface area contributed by atoms with E-state index in [1.807, 2.05) is 72.8 Å². The zero-order valence-electron chi connectivity index (χ0n) is 15.2. The summed E-state index contributed by atoms with van der Waals surface area (Å²) in [5.41, 5.74) is 2.22. The molecule has 0 spiro atoms. The Morgan fingerprint density at radius 1 is 0.808 bits per heavy atom. The van der Waals surface area contributed by atoms with Crippen LogP contribution in [0.15, 0.2) is 72.8 Å². The zero-order chi connectivity index (χ0) is 18.2. The minimum absolute atomic E-state index is 0.272. The van der Waals surface area contributed by atoms with Crippen molar-refractivity contribution in [2.45, 2.75) is 33.1 Å². The van der Waals surface area contributed by atoms with Crippen LogP contribution in [0.4, 0.5) is 5.82 Å². The monoisotopic (exact) mass is 348 g/mol. The molecule has 0 bridgehead atoms. The molecule has 26 heavy (non-hydrogen) atoms. The number of nitrogens with zero attached hydrogens (tertiary/aromatic N) is 1. The number of hydrogen-bond acceptors (Lipinski definition) is 4. The van der Waals surface area contributed by atoms with Gasteiger partial charge in [0.05, 0.1) is 0 Å². The standard InChI is InChI=1S/C22H24N2O2/c1-17(2)23-21-13-20(25-15-18-9-5-3-6-10-18)14-22(24-21)26-16-19-11-7-4-8-12-19/h3-14,17H,15-16H2,1-2H3,(H,23,24). The quantitative estimate of drug-likeness (QED) is 0.618. The summed E-state index contributed by atoms with van der Waals surface area (Å²) in [6, 6.07) is 24.1. The van der Waals surface area contributed by atoms with Crippen LogP contribution >= 0.6 is 0 Å². The molecule has 2 aromatic carbocycles. The van der Waals surface area contributed by atoms with E-state index >= 15 is 0 Å². The van der Waals surface area contributed by atoms with Crippen molar-refractivity contribution in [1.82, 2.24) is 4.98 Å². The van der Waals surface area contributed by atoms with E-state index in [1.54, 1.807) is 0 Å². The molecule has 0 aliphatic rings. The molecule has 0 atom stereocenters. The number of aromatic nitrogens is 1. The number of anilines is 1. The molecule has 0 aliphatic heterocycles. The summed E-state index contributed by atoms with van der Waals surface area (Å²) < 4.78 is 11.8. The lowest BCUT2D eigenvalue weighted by molar-refractivity contribution is 0.282. The second-order valence-corrected chi connectivity index (χ2v) is 6.37. The molecule has 0 saturated heterocycles. The third-order valence-corrected chi connectivity index (χ3v) is 3.69. The van der Waals surface area contributed by atoms with E-state index in [0.717, 1.165) is 22.7 Å². The fraction of sp³-hybridized carbons (Fsp3) is 0.227. The summed E-state index contributed by atoms with van der Waals surface area (Å²) in [5, 5.41) is 3.31. The molecule has 1 aromatic heterocycles. The van der Waals surface area contributed by atoms with Crippen molar-refractivity contribution in [2.75, 3.05) is 5.32 Å². The first-order valence-corrected chi connectivity index (χ1v) is 8.81. The smallest absolute Gasteiger partial charge is 0.219 e. The maximum absolute atomic E-state index is 5.95. The largest absolute Gasteiger partial charge is 0.489 e. The van der Waals surface area contributed by atoms with Crippen LogP contribution in [-0.2, 0) is 13.2 Å². The fourth-order valence-corrected chi connectivity index (χ4v) is 2.48. The first kappa shape index (κ1) is 17.8. The predicted molar refractivity (Wildman–Crippen MR) is 105 cm³/mol. The Labute approximate surface area is 154 Å². The van der Waals surface area contributed by atoms with E-state index < -0.39 is 0 Å². The molecule has 0 radical (unpaired) electrons. The van der Waals surface area contributed by atoms with Crippen LogP contribution < -0.4 is 14.8 Å². The van der Waals surface area contributed by atoms with E-state index in [-0.39, 0.29) is 6.04 Å². The maximum Gasteiger partial charge on any atom is 0.219 e. The van der Waals surface area contributed by atoms with E-state index in [1.165, 1.54) is 0 Å². The van der Waals surface area contributed by atoms with Gasteiger partial charge in [0.25, 0.3) is 0 Å². The van der Waals surface area contributed by atoms with Gasteiger partial charge in [0, 0.05) is 18.2 Å². The first-order chi connectivity index (χ1) is 12.7. The van der Waals surface area contributed by atoms with Crippen LogP contribution in [0.5, 0.6) is 11.6 Å². The van der Waals surface area contributed by atoms with Gasteiger partial charge in [-0.05, 0) is 25.0 Å². The van der Waals surface area contributed by atoms with Gasteiger partial charge in [0.1, 0.15) is 24.8 Å². The zero-order valence-corrected chi connectivity index (χ0v) is 15.2. The second kappa shape index (κ2) is 8.90. The number of benzene rings is 2. The number of pyridine rings is 1. The SMILES string of the molecule is CC(C)Nc1cc(OCc2ccccc2)cc(OCc2ccccc2)n1. The normalized spacial score (nSPS) is 10.6. The lowest BCUT2D eigenvalue weighted by atomic mass is 10.2. The van der Waals surface area contributed by atoms with Crippen LogP contribution in [-0.4, -0.2) is 11.0 Å². The molecule has 0 unspecified atom stereocenters. The van der Waals surface area contributed by atoms with Crippen LogP contribution in [0.1, 0.15) is 25.0 Å². The van der Waals surface area contributed by atoms with E-state index in [0.29, 0.717) is 19.1 Å². The molecule has 3 aromatic rings. The van der Waals surface area contributed by atoms with E-state index in [4.69, 9.17) is 9.47 Å². The van der Waals surface area contributed by atoms with Crippen molar-refractivity contribution in [3.63, 3.8) is 0 Å². The Bertz CT molecular complexity index is 743. The highest BCUT2D eigenvalue weighted by Crippen LogP contribution is 2.24. The van der Waals surface area contributed by atoms with Crippen LogP contribution in [0.2, 0.25) is 0 Å². The van der Waals surface area contributed by atoms with Gasteiger partial charge in [-0.3, -0.25) is 0 Å². The molecule has 1 N–H and O–H groups in total. The van der Waals surface area contributed by atoms with Gasteiger partial charge in [-0.15, -0.1) is 0 Å². The number of hydrogen-bond donors (Lipinski definition) is 1. The molecule has 0 saturated carbocycles. The molecular weight excluding hydrogens is 324 g/mol. The molecule has 0 fully saturated rings. The van der Waals surface area contributed by atoms with Crippen molar-refractivity contribution in [3.05, 3.63) is 83.9 Å². The van der Waals surface area contributed by atoms with Gasteiger partial charge in [-0.25, -0.2) is 0 Å². The van der Waals surface area contributed by atoms with Crippen molar-refractivity contribution >= 4 is 5.82 Å². The molecule has 4 nitrogen and oxygen atoms in total. The topological polar surface area (TPSA) is 43.4 Å². The highest BCUT2D eigenvalue weighted by atomic mass is 16.5. The Balaban J connectivity index is 1.72. The Morgan fingerprint density at radius 3 is 1.96 bits per heavy atom. The third-order valence-electron chi connectivity index (χ3n) is 3.69. The third kappa shape index (κ3) is 5.52. The van der Waals surface area contributed by atoms with Gasteiger partial charge in [0.2, 0.25) is 5.88 Å². The molecule has 0 aliphatic carbocycles. The van der Waals surface area contributed by atoms with Crippen LogP contribution in [0.25, 0.3) is 0 Å². The van der Waals surface area contributed by atoms with Crippen LogP contribution in [0.3, 0.4) is 0 Å². The van der Waals surface area contributed by atoms with Gasteiger partial charge >= 0.3 is 0 Å². The highest BCUT2D eigenvalue weighted by Gasteiger charge is 2.07.